The summed E-state index contributed by atoms with van der Waals surface area (Å²) >= 11 is 0. The standard InChI is InChI=1S/C16H21N3O4/c1-16(2,3)23-15(21)19-13-6-5-10(7-11(13)9-18-19)8-12(17)14(20)22-4/h5-7,9,12H,8,17H2,1-4H3. The van der Waals surface area contributed by atoms with Crippen LogP contribution in [0.1, 0.15) is 26.3 Å². The van der Waals surface area contributed by atoms with Crippen LogP contribution in [0.5, 0.6) is 0 Å². The molecule has 2 rings (SSSR count). The van der Waals surface area contributed by atoms with E-state index in [0.717, 1.165) is 10.9 Å². The summed E-state index contributed by atoms with van der Waals surface area (Å²) in [6.45, 7) is 5.38. The van der Waals surface area contributed by atoms with Gasteiger partial charge in [-0.05, 0) is 44.9 Å². The van der Waals surface area contributed by atoms with Crippen molar-refractivity contribution in [1.82, 2.24) is 9.78 Å². The summed E-state index contributed by atoms with van der Waals surface area (Å²) in [5.74, 6) is -0.463. The third-order valence-corrected chi connectivity index (χ3v) is 3.16. The molecule has 0 fully saturated rings. The van der Waals surface area contributed by atoms with Crippen molar-refractivity contribution < 1.29 is 19.1 Å². The van der Waals surface area contributed by atoms with Gasteiger partial charge in [-0.2, -0.15) is 9.78 Å². The zero-order chi connectivity index (χ0) is 17.2. The van der Waals surface area contributed by atoms with Crippen LogP contribution in [-0.4, -0.2) is 40.6 Å². The number of nitrogens with two attached hydrogens (primary N) is 1. The molecule has 1 aromatic carbocycles. The second kappa shape index (κ2) is 6.37. The highest BCUT2D eigenvalue weighted by atomic mass is 16.6. The number of methoxy groups -OCH3 is 1. The molecule has 1 unspecified atom stereocenters. The van der Waals surface area contributed by atoms with E-state index < -0.39 is 23.7 Å². The maximum absolute atomic E-state index is 12.1. The first-order valence-corrected chi connectivity index (χ1v) is 7.24. The van der Waals surface area contributed by atoms with Crippen LogP contribution in [-0.2, 0) is 20.7 Å². The lowest BCUT2D eigenvalue weighted by molar-refractivity contribution is -0.142. The normalized spacial score (nSPS) is 12.9. The molecule has 0 radical (unpaired) electrons. The minimum Gasteiger partial charge on any atom is -0.468 e. The Bertz CT molecular complexity index is 730. The molecule has 7 nitrogen and oxygen atoms in total. The lowest BCUT2D eigenvalue weighted by Crippen LogP contribution is -2.33. The molecular weight excluding hydrogens is 298 g/mol. The highest BCUT2D eigenvalue weighted by Crippen LogP contribution is 2.18. The maximum atomic E-state index is 12.1. The molecule has 1 atom stereocenters. The van der Waals surface area contributed by atoms with Crippen LogP contribution in [0.15, 0.2) is 24.4 Å². The Labute approximate surface area is 134 Å². The molecule has 2 aromatic rings. The van der Waals surface area contributed by atoms with Crippen molar-refractivity contribution in [3.05, 3.63) is 30.0 Å². The van der Waals surface area contributed by atoms with E-state index in [1.54, 1.807) is 39.1 Å². The van der Waals surface area contributed by atoms with E-state index in [1.807, 2.05) is 6.07 Å². The molecule has 0 aliphatic heterocycles. The van der Waals surface area contributed by atoms with Crippen LogP contribution < -0.4 is 5.73 Å². The highest BCUT2D eigenvalue weighted by Gasteiger charge is 2.20. The van der Waals surface area contributed by atoms with Crippen molar-refractivity contribution in [2.75, 3.05) is 7.11 Å². The van der Waals surface area contributed by atoms with Gasteiger partial charge in [0.05, 0.1) is 18.8 Å². The van der Waals surface area contributed by atoms with E-state index in [9.17, 15) is 9.59 Å². The molecule has 124 valence electrons. The molecule has 0 saturated carbocycles. The Morgan fingerprint density at radius 2 is 2.04 bits per heavy atom. The van der Waals surface area contributed by atoms with Gasteiger partial charge < -0.3 is 15.2 Å². The molecule has 0 spiro atoms. The van der Waals surface area contributed by atoms with Crippen molar-refractivity contribution in [2.45, 2.75) is 38.8 Å². The fourth-order valence-electron chi connectivity index (χ4n) is 2.15. The SMILES string of the molecule is COC(=O)C(N)Cc1ccc2c(cnn2C(=O)OC(C)(C)C)c1. The van der Waals surface area contributed by atoms with Gasteiger partial charge in [-0.3, -0.25) is 4.79 Å². The van der Waals surface area contributed by atoms with Crippen LogP contribution in [0, 0.1) is 0 Å². The smallest absolute Gasteiger partial charge is 0.435 e. The number of aromatic nitrogens is 2. The first kappa shape index (κ1) is 17.0. The molecule has 0 amide bonds. The summed E-state index contributed by atoms with van der Waals surface area (Å²) in [5.41, 5.74) is 6.66. The number of carbonyl (C=O) groups is 2. The fourth-order valence-corrected chi connectivity index (χ4v) is 2.15. The third-order valence-electron chi connectivity index (χ3n) is 3.16. The fraction of sp³-hybridized carbons (Fsp3) is 0.438. The minimum atomic E-state index is -0.724. The first-order chi connectivity index (χ1) is 10.7. The van der Waals surface area contributed by atoms with Crippen LogP contribution in [0.4, 0.5) is 4.79 Å². The number of hydrogen-bond donors (Lipinski definition) is 1. The first-order valence-electron chi connectivity index (χ1n) is 7.24. The van der Waals surface area contributed by atoms with Crippen LogP contribution in [0.3, 0.4) is 0 Å². The molecule has 1 heterocycles. The van der Waals surface area contributed by atoms with E-state index in [1.165, 1.54) is 11.8 Å². The van der Waals surface area contributed by atoms with Crippen molar-refractivity contribution in [2.24, 2.45) is 5.73 Å². The molecule has 2 N–H and O–H groups in total. The van der Waals surface area contributed by atoms with Crippen LogP contribution in [0.2, 0.25) is 0 Å². The second-order valence-electron chi connectivity index (χ2n) is 6.26. The molecule has 1 aromatic heterocycles. The van der Waals surface area contributed by atoms with Gasteiger partial charge in [-0.25, -0.2) is 4.79 Å². The number of benzene rings is 1. The van der Waals surface area contributed by atoms with E-state index in [4.69, 9.17) is 10.5 Å². The number of esters is 1. The third kappa shape index (κ3) is 4.07. The summed E-state index contributed by atoms with van der Waals surface area (Å²) in [6.07, 6.45) is 1.39. The van der Waals surface area contributed by atoms with Crippen molar-refractivity contribution in [3.8, 4) is 0 Å². The number of ether oxygens (including phenoxy) is 2. The number of carbonyl (C=O) groups excluding carboxylic acids is 2. The van der Waals surface area contributed by atoms with Gasteiger partial charge in [0, 0.05) is 5.39 Å². The quantitative estimate of drug-likeness (QED) is 0.867. The number of rotatable bonds is 3. The van der Waals surface area contributed by atoms with Gasteiger partial charge in [0.2, 0.25) is 0 Å². The van der Waals surface area contributed by atoms with E-state index in [0.29, 0.717) is 11.9 Å². The lowest BCUT2D eigenvalue weighted by atomic mass is 10.1. The molecule has 0 aliphatic carbocycles. The largest absolute Gasteiger partial charge is 0.468 e. The maximum Gasteiger partial charge on any atom is 0.435 e. The average molecular weight is 319 g/mol. The molecule has 7 heteroatoms. The molecule has 0 bridgehead atoms. The van der Waals surface area contributed by atoms with E-state index in [2.05, 4.69) is 9.84 Å². The Morgan fingerprint density at radius 1 is 1.35 bits per heavy atom. The highest BCUT2D eigenvalue weighted by molar-refractivity contribution is 5.88. The summed E-state index contributed by atoms with van der Waals surface area (Å²) in [5, 5.41) is 4.84. The second-order valence-corrected chi connectivity index (χ2v) is 6.26. The molecular formula is C16H21N3O4. The number of nitrogens with zero attached hydrogens (tertiary/aromatic N) is 2. The number of fused-ring (bicyclic) bond motifs is 1. The lowest BCUT2D eigenvalue weighted by Gasteiger charge is -2.19. The molecule has 0 saturated heterocycles. The Balaban J connectivity index is 2.23. The van der Waals surface area contributed by atoms with E-state index in [-0.39, 0.29) is 0 Å². The van der Waals surface area contributed by atoms with Gasteiger partial charge >= 0.3 is 12.1 Å². The zero-order valence-electron chi connectivity index (χ0n) is 13.7. The molecule has 0 aliphatic rings. The Kier molecular flexibility index (Phi) is 4.70. The monoisotopic (exact) mass is 319 g/mol. The summed E-state index contributed by atoms with van der Waals surface area (Å²) in [6, 6.07) is 4.67. The zero-order valence-corrected chi connectivity index (χ0v) is 13.7. The molecule has 23 heavy (non-hydrogen) atoms. The van der Waals surface area contributed by atoms with Gasteiger partial charge in [-0.1, -0.05) is 6.07 Å². The predicted molar refractivity (Wildman–Crippen MR) is 85.1 cm³/mol. The topological polar surface area (TPSA) is 96.4 Å². The van der Waals surface area contributed by atoms with Gasteiger partial charge in [0.15, 0.2) is 0 Å². The van der Waals surface area contributed by atoms with Crippen molar-refractivity contribution in [1.29, 1.82) is 0 Å². The van der Waals surface area contributed by atoms with Gasteiger partial charge in [-0.15, -0.1) is 0 Å². The van der Waals surface area contributed by atoms with E-state index >= 15 is 0 Å². The summed E-state index contributed by atoms with van der Waals surface area (Å²) in [7, 11) is 1.30. The van der Waals surface area contributed by atoms with Crippen LogP contribution >= 0.6 is 0 Å². The summed E-state index contributed by atoms with van der Waals surface area (Å²) < 4.78 is 11.1. The average Bonchev–Trinajstić information content (AvgIpc) is 2.87. The summed E-state index contributed by atoms with van der Waals surface area (Å²) in [4.78, 5) is 23.5. The Morgan fingerprint density at radius 3 is 2.65 bits per heavy atom. The van der Waals surface area contributed by atoms with Crippen molar-refractivity contribution >= 4 is 23.0 Å². The predicted octanol–water partition coefficient (Wildman–Crippen LogP) is 1.86. The van der Waals surface area contributed by atoms with Crippen molar-refractivity contribution in [3.63, 3.8) is 0 Å². The van der Waals surface area contributed by atoms with Gasteiger partial charge in [0.25, 0.3) is 0 Å². The number of hydrogen-bond acceptors (Lipinski definition) is 6. The minimum absolute atomic E-state index is 0.347. The van der Waals surface area contributed by atoms with Gasteiger partial charge in [0.1, 0.15) is 11.6 Å². The Hall–Kier alpha value is -2.41. The van der Waals surface area contributed by atoms with Crippen LogP contribution in [0.25, 0.3) is 10.9 Å².